The summed E-state index contributed by atoms with van der Waals surface area (Å²) >= 11 is 0. The summed E-state index contributed by atoms with van der Waals surface area (Å²) < 4.78 is 13.3. The summed E-state index contributed by atoms with van der Waals surface area (Å²) in [5.74, 6) is -1.81. The van der Waals surface area contributed by atoms with Gasteiger partial charge in [-0.1, -0.05) is 49.4 Å². The maximum Gasteiger partial charge on any atom is 0.323 e. The largest absolute Gasteiger partial charge is 0.480 e. The summed E-state index contributed by atoms with van der Waals surface area (Å²) in [6, 6.07) is 15.7. The van der Waals surface area contributed by atoms with Gasteiger partial charge >= 0.3 is 5.97 Å². The van der Waals surface area contributed by atoms with Gasteiger partial charge in [0.05, 0.1) is 0 Å². The van der Waals surface area contributed by atoms with E-state index in [1.807, 2.05) is 37.3 Å². The Balaban J connectivity index is 2.00. The monoisotopic (exact) mass is 343 g/mol. The number of hydrogen-bond donors (Lipinski definition) is 1. The number of benzene rings is 2. The van der Waals surface area contributed by atoms with E-state index in [-0.39, 0.29) is 30.6 Å². The van der Waals surface area contributed by atoms with E-state index in [9.17, 15) is 14.0 Å². The zero-order chi connectivity index (χ0) is 18.2. The van der Waals surface area contributed by atoms with E-state index in [4.69, 9.17) is 5.11 Å². The predicted octanol–water partition coefficient (Wildman–Crippen LogP) is 3.48. The van der Waals surface area contributed by atoms with Gasteiger partial charge in [0.25, 0.3) is 0 Å². The number of carboxylic acids is 1. The first kappa shape index (κ1) is 18.6. The van der Waals surface area contributed by atoms with Crippen LogP contribution in [0.3, 0.4) is 0 Å². The standard InChI is InChI=1S/C20H22FNO3/c1-15(17-8-5-9-18(21)13-17)12-19(23)22(14-20(24)25)11-10-16-6-3-2-4-7-16/h2-9,13,15H,10-12,14H2,1H3,(H,24,25). The highest BCUT2D eigenvalue weighted by atomic mass is 19.1. The molecule has 1 unspecified atom stereocenters. The Morgan fingerprint density at radius 2 is 1.84 bits per heavy atom. The Morgan fingerprint density at radius 3 is 2.48 bits per heavy atom. The molecule has 0 saturated heterocycles. The summed E-state index contributed by atoms with van der Waals surface area (Å²) in [6.07, 6.45) is 0.736. The highest BCUT2D eigenvalue weighted by Gasteiger charge is 2.20. The molecule has 0 bridgehead atoms. The summed E-state index contributed by atoms with van der Waals surface area (Å²) in [6.45, 7) is 1.84. The van der Waals surface area contributed by atoms with Crippen molar-refractivity contribution in [3.63, 3.8) is 0 Å². The van der Waals surface area contributed by atoms with Crippen molar-refractivity contribution in [2.75, 3.05) is 13.1 Å². The van der Waals surface area contributed by atoms with Gasteiger partial charge in [0.15, 0.2) is 0 Å². The summed E-state index contributed by atoms with van der Waals surface area (Å²) in [7, 11) is 0. The van der Waals surface area contributed by atoms with Crippen molar-refractivity contribution in [1.82, 2.24) is 4.90 Å². The lowest BCUT2D eigenvalue weighted by Gasteiger charge is -2.23. The van der Waals surface area contributed by atoms with Gasteiger partial charge in [-0.25, -0.2) is 4.39 Å². The molecule has 1 N–H and O–H groups in total. The van der Waals surface area contributed by atoms with Crippen LogP contribution in [0.4, 0.5) is 4.39 Å². The summed E-state index contributed by atoms with van der Waals surface area (Å²) in [5.41, 5.74) is 1.77. The smallest absolute Gasteiger partial charge is 0.323 e. The molecule has 0 heterocycles. The number of carboxylic acid groups (broad SMARTS) is 1. The van der Waals surface area contributed by atoms with Crippen LogP contribution in [0.15, 0.2) is 54.6 Å². The van der Waals surface area contributed by atoms with E-state index < -0.39 is 5.97 Å². The first-order valence-electron chi connectivity index (χ1n) is 8.24. The number of halogens is 1. The lowest BCUT2D eigenvalue weighted by molar-refractivity contribution is -0.144. The number of carbonyl (C=O) groups is 2. The van der Waals surface area contributed by atoms with Crippen LogP contribution in [-0.4, -0.2) is 35.0 Å². The Labute approximate surface area is 146 Å². The van der Waals surface area contributed by atoms with Crippen molar-refractivity contribution in [1.29, 1.82) is 0 Å². The molecular weight excluding hydrogens is 321 g/mol. The lowest BCUT2D eigenvalue weighted by Crippen LogP contribution is -2.37. The zero-order valence-electron chi connectivity index (χ0n) is 14.2. The normalized spacial score (nSPS) is 11.8. The van der Waals surface area contributed by atoms with Crippen molar-refractivity contribution in [2.45, 2.75) is 25.7 Å². The van der Waals surface area contributed by atoms with E-state index in [2.05, 4.69) is 0 Å². The molecule has 4 nitrogen and oxygen atoms in total. The molecule has 132 valence electrons. The topological polar surface area (TPSA) is 57.6 Å². The second-order valence-electron chi connectivity index (χ2n) is 6.10. The number of nitrogens with zero attached hydrogens (tertiary/aromatic N) is 1. The molecule has 2 rings (SSSR count). The summed E-state index contributed by atoms with van der Waals surface area (Å²) in [5, 5.41) is 9.07. The molecule has 0 spiro atoms. The van der Waals surface area contributed by atoms with Gasteiger partial charge in [-0.3, -0.25) is 9.59 Å². The van der Waals surface area contributed by atoms with Crippen LogP contribution in [0.2, 0.25) is 0 Å². The van der Waals surface area contributed by atoms with Crippen LogP contribution in [-0.2, 0) is 16.0 Å². The molecule has 1 atom stereocenters. The van der Waals surface area contributed by atoms with Crippen molar-refractivity contribution in [3.05, 3.63) is 71.5 Å². The number of aliphatic carboxylic acids is 1. The van der Waals surface area contributed by atoms with Crippen molar-refractivity contribution < 1.29 is 19.1 Å². The van der Waals surface area contributed by atoms with E-state index in [1.54, 1.807) is 12.1 Å². The fraction of sp³-hybridized carbons (Fsp3) is 0.300. The Kier molecular flexibility index (Phi) is 6.69. The quantitative estimate of drug-likeness (QED) is 0.798. The number of carbonyl (C=O) groups excluding carboxylic acids is 1. The lowest BCUT2D eigenvalue weighted by atomic mass is 9.97. The molecule has 0 radical (unpaired) electrons. The van der Waals surface area contributed by atoms with E-state index in [0.717, 1.165) is 11.1 Å². The molecule has 0 aromatic heterocycles. The third-order valence-electron chi connectivity index (χ3n) is 4.09. The second kappa shape index (κ2) is 8.97. The number of hydrogen-bond acceptors (Lipinski definition) is 2. The maximum atomic E-state index is 13.3. The summed E-state index contributed by atoms with van der Waals surface area (Å²) in [4.78, 5) is 25.0. The average molecular weight is 343 g/mol. The van der Waals surface area contributed by atoms with Crippen molar-refractivity contribution >= 4 is 11.9 Å². The van der Waals surface area contributed by atoms with Crippen molar-refractivity contribution in [3.8, 4) is 0 Å². The molecule has 0 aliphatic heterocycles. The van der Waals surface area contributed by atoms with Crippen LogP contribution in [0, 0.1) is 5.82 Å². The minimum atomic E-state index is -1.04. The molecule has 5 heteroatoms. The Bertz CT molecular complexity index is 718. The second-order valence-corrected chi connectivity index (χ2v) is 6.10. The molecular formula is C20H22FNO3. The highest BCUT2D eigenvalue weighted by molar-refractivity contribution is 5.81. The first-order chi connectivity index (χ1) is 12.0. The van der Waals surface area contributed by atoms with E-state index >= 15 is 0 Å². The first-order valence-corrected chi connectivity index (χ1v) is 8.24. The Hall–Kier alpha value is -2.69. The maximum absolute atomic E-state index is 13.3. The van der Waals surface area contributed by atoms with Crippen LogP contribution in [0.25, 0.3) is 0 Å². The fourth-order valence-electron chi connectivity index (χ4n) is 2.69. The molecule has 2 aromatic rings. The van der Waals surface area contributed by atoms with Crippen molar-refractivity contribution in [2.24, 2.45) is 0 Å². The van der Waals surface area contributed by atoms with Gasteiger partial charge < -0.3 is 10.0 Å². The minimum absolute atomic E-state index is 0.144. The molecule has 0 fully saturated rings. The number of amides is 1. The highest BCUT2D eigenvalue weighted by Crippen LogP contribution is 2.21. The predicted molar refractivity (Wildman–Crippen MR) is 93.8 cm³/mol. The molecule has 25 heavy (non-hydrogen) atoms. The number of rotatable bonds is 8. The molecule has 2 aromatic carbocycles. The molecule has 0 aliphatic rings. The zero-order valence-corrected chi connectivity index (χ0v) is 14.2. The van der Waals surface area contributed by atoms with Crippen LogP contribution < -0.4 is 0 Å². The van der Waals surface area contributed by atoms with Gasteiger partial charge in [-0.05, 0) is 35.6 Å². The molecule has 0 aliphatic carbocycles. The van der Waals surface area contributed by atoms with Gasteiger partial charge in [-0.2, -0.15) is 0 Å². The average Bonchev–Trinajstić information content (AvgIpc) is 2.59. The Morgan fingerprint density at radius 1 is 1.12 bits per heavy atom. The van der Waals surface area contributed by atoms with Gasteiger partial charge in [0, 0.05) is 13.0 Å². The minimum Gasteiger partial charge on any atom is -0.480 e. The van der Waals surface area contributed by atoms with Crippen LogP contribution in [0.5, 0.6) is 0 Å². The third kappa shape index (κ3) is 6.03. The SMILES string of the molecule is CC(CC(=O)N(CCc1ccccc1)CC(=O)O)c1cccc(F)c1. The van der Waals surface area contributed by atoms with Crippen LogP contribution >= 0.6 is 0 Å². The fourth-order valence-corrected chi connectivity index (χ4v) is 2.69. The van der Waals surface area contributed by atoms with Gasteiger partial charge in [0.1, 0.15) is 12.4 Å². The van der Waals surface area contributed by atoms with Gasteiger partial charge in [0.2, 0.25) is 5.91 Å². The molecule has 1 amide bonds. The van der Waals surface area contributed by atoms with Crippen LogP contribution in [0.1, 0.15) is 30.4 Å². The third-order valence-corrected chi connectivity index (χ3v) is 4.09. The molecule has 0 saturated carbocycles. The van der Waals surface area contributed by atoms with E-state index in [0.29, 0.717) is 13.0 Å². The van der Waals surface area contributed by atoms with Gasteiger partial charge in [-0.15, -0.1) is 0 Å². The van der Waals surface area contributed by atoms with E-state index in [1.165, 1.54) is 17.0 Å².